The molecule has 0 bridgehead atoms. The van der Waals surface area contributed by atoms with E-state index in [1.807, 2.05) is 0 Å². The molecule has 0 saturated heterocycles. The number of nitrogens with one attached hydrogen (secondary N) is 3. The van der Waals surface area contributed by atoms with Gasteiger partial charge in [-0.25, -0.2) is 4.79 Å². The van der Waals surface area contributed by atoms with Crippen LogP contribution >= 0.6 is 0 Å². The van der Waals surface area contributed by atoms with Crippen molar-refractivity contribution in [1.29, 1.82) is 0 Å². The van der Waals surface area contributed by atoms with Crippen molar-refractivity contribution in [2.75, 3.05) is 19.6 Å². The van der Waals surface area contributed by atoms with Gasteiger partial charge in [0.1, 0.15) is 0 Å². The Balaban J connectivity index is 4.05. The van der Waals surface area contributed by atoms with Crippen LogP contribution in [0.3, 0.4) is 0 Å². The van der Waals surface area contributed by atoms with Crippen molar-refractivity contribution in [3.05, 3.63) is 0 Å². The van der Waals surface area contributed by atoms with E-state index >= 15 is 0 Å². The Kier molecular flexibility index (Phi) is 13.3. The summed E-state index contributed by atoms with van der Waals surface area (Å²) in [7, 11) is 0. The Labute approximate surface area is 146 Å². The van der Waals surface area contributed by atoms with Gasteiger partial charge in [-0.1, -0.05) is 58.8 Å². The van der Waals surface area contributed by atoms with Crippen LogP contribution in [-0.2, 0) is 4.79 Å². The molecule has 6 N–H and O–H groups in total. The van der Waals surface area contributed by atoms with Crippen molar-refractivity contribution < 1.29 is 14.7 Å². The number of amides is 3. The van der Waals surface area contributed by atoms with E-state index in [-0.39, 0.29) is 6.54 Å². The maximum atomic E-state index is 12.0. The van der Waals surface area contributed by atoms with E-state index in [1.54, 1.807) is 0 Å². The summed E-state index contributed by atoms with van der Waals surface area (Å²) < 4.78 is 0. The van der Waals surface area contributed by atoms with Gasteiger partial charge in [0.25, 0.3) is 5.91 Å². The van der Waals surface area contributed by atoms with Crippen molar-refractivity contribution in [3.63, 3.8) is 0 Å². The third-order valence-corrected chi connectivity index (χ3v) is 3.87. The highest BCUT2D eigenvalue weighted by Crippen LogP contribution is 2.02. The van der Waals surface area contributed by atoms with Crippen molar-refractivity contribution in [2.45, 2.75) is 77.4 Å². The summed E-state index contributed by atoms with van der Waals surface area (Å²) in [6, 6.07) is -0.584. The summed E-state index contributed by atoms with van der Waals surface area (Å²) in [5.74, 6) is -0.667. The average Bonchev–Trinajstić information content (AvgIpc) is 2.57. The fourth-order valence-corrected chi connectivity index (χ4v) is 2.26. The van der Waals surface area contributed by atoms with Gasteiger partial charge in [-0.05, 0) is 12.8 Å². The molecule has 0 aliphatic carbocycles. The van der Waals surface area contributed by atoms with Crippen molar-refractivity contribution in [2.24, 2.45) is 5.73 Å². The number of hydrogen-bond donors (Lipinski definition) is 5. The van der Waals surface area contributed by atoms with E-state index in [1.165, 1.54) is 12.8 Å². The monoisotopic (exact) mass is 344 g/mol. The minimum absolute atomic E-state index is 0.377. The van der Waals surface area contributed by atoms with Gasteiger partial charge in [0.05, 0.1) is 6.54 Å². The lowest BCUT2D eigenvalue weighted by molar-refractivity contribution is -0.140. The van der Waals surface area contributed by atoms with Gasteiger partial charge in [-0.2, -0.15) is 0 Å². The first kappa shape index (κ1) is 22.7. The van der Waals surface area contributed by atoms with Crippen LogP contribution in [0.1, 0.15) is 71.6 Å². The Morgan fingerprint density at radius 2 is 1.38 bits per heavy atom. The van der Waals surface area contributed by atoms with E-state index in [4.69, 9.17) is 5.73 Å². The van der Waals surface area contributed by atoms with Gasteiger partial charge < -0.3 is 26.8 Å². The lowest BCUT2D eigenvalue weighted by Crippen LogP contribution is -2.64. The Morgan fingerprint density at radius 1 is 0.875 bits per heavy atom. The summed E-state index contributed by atoms with van der Waals surface area (Å²) in [6.07, 6.45) is 9.51. The van der Waals surface area contributed by atoms with E-state index in [2.05, 4.69) is 29.8 Å². The van der Waals surface area contributed by atoms with Crippen molar-refractivity contribution >= 4 is 11.9 Å². The minimum Gasteiger partial charge on any atom is -0.362 e. The van der Waals surface area contributed by atoms with E-state index in [0.717, 1.165) is 44.9 Å². The molecule has 0 aliphatic heterocycles. The van der Waals surface area contributed by atoms with Crippen LogP contribution < -0.4 is 21.7 Å². The molecule has 0 spiro atoms. The number of rotatable bonds is 14. The Bertz CT molecular complexity index is 353. The number of carbonyl (C=O) groups excluding carboxylic acids is 2. The number of unbranched alkanes of at least 4 members (excludes halogenated alkanes) is 7. The summed E-state index contributed by atoms with van der Waals surface area (Å²) >= 11 is 0. The summed E-state index contributed by atoms with van der Waals surface area (Å²) in [5.41, 5.74) is 3.39. The molecule has 24 heavy (non-hydrogen) atoms. The zero-order valence-corrected chi connectivity index (χ0v) is 15.3. The standard InChI is InChI=1S/C17H36N4O3/c1-3-5-7-9-11-13-20-16(23)21-17(24,14-18)15(22)19-12-10-8-6-4-2/h24H,3-14,18H2,1-2H3,(H,19,22)(H2,20,21,23)/t17-/m0/s1. The predicted octanol–water partition coefficient (Wildman–Crippen LogP) is 1.60. The van der Waals surface area contributed by atoms with Gasteiger partial charge in [-0.15, -0.1) is 0 Å². The molecule has 0 radical (unpaired) electrons. The molecule has 0 aromatic carbocycles. The topological polar surface area (TPSA) is 116 Å². The first-order valence-electron chi connectivity index (χ1n) is 9.26. The lowest BCUT2D eigenvalue weighted by Gasteiger charge is -2.26. The minimum atomic E-state index is -2.07. The molecule has 7 nitrogen and oxygen atoms in total. The van der Waals surface area contributed by atoms with Crippen LogP contribution in [0.5, 0.6) is 0 Å². The molecule has 0 aliphatic rings. The number of hydrogen-bond acceptors (Lipinski definition) is 4. The zero-order valence-electron chi connectivity index (χ0n) is 15.3. The highest BCUT2D eigenvalue weighted by atomic mass is 16.3. The van der Waals surface area contributed by atoms with Crippen LogP contribution in [0.15, 0.2) is 0 Å². The highest BCUT2D eigenvalue weighted by molar-refractivity contribution is 5.89. The first-order chi connectivity index (χ1) is 11.5. The molecule has 0 heterocycles. The molecule has 7 heteroatoms. The molecule has 0 aromatic heterocycles. The van der Waals surface area contributed by atoms with Crippen LogP contribution in [0.25, 0.3) is 0 Å². The third-order valence-electron chi connectivity index (χ3n) is 3.87. The molecule has 1 atom stereocenters. The van der Waals surface area contributed by atoms with Crippen molar-refractivity contribution in [1.82, 2.24) is 16.0 Å². The predicted molar refractivity (Wildman–Crippen MR) is 96.4 cm³/mol. The Morgan fingerprint density at radius 3 is 1.92 bits per heavy atom. The molecule has 3 amide bonds. The molecule has 0 saturated carbocycles. The fourth-order valence-electron chi connectivity index (χ4n) is 2.26. The van der Waals surface area contributed by atoms with Gasteiger partial charge in [0, 0.05) is 13.1 Å². The number of aliphatic hydroxyl groups is 1. The molecule has 0 aromatic rings. The average molecular weight is 345 g/mol. The lowest BCUT2D eigenvalue weighted by atomic mass is 10.1. The second-order valence-electron chi connectivity index (χ2n) is 6.18. The SMILES string of the molecule is CCCCCCCNC(=O)N[C@](O)(CN)C(=O)NCCCCCC. The molecule has 142 valence electrons. The second kappa shape index (κ2) is 14.0. The summed E-state index contributed by atoms with van der Waals surface area (Å²) in [4.78, 5) is 23.8. The maximum Gasteiger partial charge on any atom is 0.317 e. The summed E-state index contributed by atoms with van der Waals surface area (Å²) in [6.45, 7) is 4.85. The largest absolute Gasteiger partial charge is 0.362 e. The van der Waals surface area contributed by atoms with Crippen molar-refractivity contribution in [3.8, 4) is 0 Å². The van der Waals surface area contributed by atoms with Crippen LogP contribution in [0.2, 0.25) is 0 Å². The van der Waals surface area contributed by atoms with Gasteiger partial charge in [0.2, 0.25) is 5.72 Å². The fraction of sp³-hybridized carbons (Fsp3) is 0.882. The van der Waals surface area contributed by atoms with Gasteiger partial charge in [-0.3, -0.25) is 4.79 Å². The first-order valence-corrected chi connectivity index (χ1v) is 9.26. The molecule has 0 fully saturated rings. The quantitative estimate of drug-likeness (QED) is 0.243. The number of carbonyl (C=O) groups is 2. The van der Waals surface area contributed by atoms with Crippen LogP contribution in [-0.4, -0.2) is 42.4 Å². The highest BCUT2D eigenvalue weighted by Gasteiger charge is 2.36. The van der Waals surface area contributed by atoms with Crippen LogP contribution in [0.4, 0.5) is 4.79 Å². The second-order valence-corrected chi connectivity index (χ2v) is 6.18. The van der Waals surface area contributed by atoms with Crippen LogP contribution in [0, 0.1) is 0 Å². The smallest absolute Gasteiger partial charge is 0.317 e. The van der Waals surface area contributed by atoms with Gasteiger partial charge >= 0.3 is 6.03 Å². The van der Waals surface area contributed by atoms with E-state index in [9.17, 15) is 14.7 Å². The molecular formula is C17H36N4O3. The number of urea groups is 1. The van der Waals surface area contributed by atoms with Gasteiger partial charge in [0.15, 0.2) is 0 Å². The third kappa shape index (κ3) is 10.4. The van der Waals surface area contributed by atoms with E-state index < -0.39 is 17.7 Å². The Hall–Kier alpha value is -1.34. The zero-order chi connectivity index (χ0) is 18.3. The maximum absolute atomic E-state index is 12.0. The van der Waals surface area contributed by atoms with E-state index in [0.29, 0.717) is 13.1 Å². The molecular weight excluding hydrogens is 308 g/mol. The number of nitrogens with two attached hydrogens (primary N) is 1. The summed E-state index contributed by atoms with van der Waals surface area (Å²) in [5, 5.41) is 17.8. The normalized spacial score (nSPS) is 13.2. The molecule has 0 rings (SSSR count). The molecule has 0 unspecified atom stereocenters.